The molecule has 3 rings (SSSR count). The number of Topliss-reactive ketones (excluding diaryl/α,β-unsaturated/α-hetero) is 2. The number of aromatic nitrogens is 2. The maximum atomic E-state index is 11.1. The third-order valence-corrected chi connectivity index (χ3v) is 8.12. The van der Waals surface area contributed by atoms with E-state index in [0.717, 1.165) is 57.9 Å². The van der Waals surface area contributed by atoms with Crippen molar-refractivity contribution in [1.82, 2.24) is 20.6 Å². The van der Waals surface area contributed by atoms with Crippen LogP contribution in [0.2, 0.25) is 0 Å². The number of methoxy groups -OCH3 is 2. The lowest BCUT2D eigenvalue weighted by Gasteiger charge is -2.12. The molecule has 0 saturated carbocycles. The predicted octanol–water partition coefficient (Wildman–Crippen LogP) is 5.25. The van der Waals surface area contributed by atoms with Crippen LogP contribution in [0.1, 0.15) is 71.5 Å². The molecule has 3 heterocycles. The third kappa shape index (κ3) is 10.9. The van der Waals surface area contributed by atoms with E-state index in [1.807, 2.05) is 24.3 Å². The number of nitrogens with zero attached hydrogens (tertiary/aromatic N) is 2. The summed E-state index contributed by atoms with van der Waals surface area (Å²) in [5.41, 5.74) is 4.09. The summed E-state index contributed by atoms with van der Waals surface area (Å²) >= 11 is 1.68. The number of carbonyl (C=O) groups excluding carboxylic acids is 2. The van der Waals surface area contributed by atoms with Crippen molar-refractivity contribution in [2.24, 2.45) is 0 Å². The van der Waals surface area contributed by atoms with Gasteiger partial charge in [0.2, 0.25) is 23.5 Å². The van der Waals surface area contributed by atoms with Gasteiger partial charge in [-0.3, -0.25) is 0 Å². The molecular weight excluding hydrogens is 568 g/mol. The Labute approximate surface area is 258 Å². The minimum Gasteiger partial charge on any atom is -0.481 e. The van der Waals surface area contributed by atoms with E-state index in [-0.39, 0.29) is 11.6 Å². The van der Waals surface area contributed by atoms with Crippen molar-refractivity contribution in [2.45, 2.75) is 79.7 Å². The number of aryl methyl sites for hydroxylation is 1. The Morgan fingerprint density at radius 2 is 1.26 bits per heavy atom. The van der Waals surface area contributed by atoms with Gasteiger partial charge in [0.15, 0.2) is 0 Å². The van der Waals surface area contributed by atoms with Gasteiger partial charge in [-0.2, -0.15) is 9.97 Å². The second-order valence-corrected chi connectivity index (χ2v) is 11.7. The van der Waals surface area contributed by atoms with Crippen LogP contribution in [0.15, 0.2) is 24.3 Å². The van der Waals surface area contributed by atoms with Crippen LogP contribution >= 0.6 is 11.3 Å². The molecule has 0 aliphatic carbocycles. The largest absolute Gasteiger partial charge is 0.481 e. The highest BCUT2D eigenvalue weighted by Crippen LogP contribution is 2.30. The molecule has 43 heavy (non-hydrogen) atoms. The third-order valence-electron chi connectivity index (χ3n) is 6.90. The van der Waals surface area contributed by atoms with Crippen LogP contribution in [0.4, 0.5) is 0 Å². The van der Waals surface area contributed by atoms with Crippen molar-refractivity contribution < 1.29 is 28.5 Å². The molecule has 3 aromatic heterocycles. The molecular formula is C32H44N4O6S. The summed E-state index contributed by atoms with van der Waals surface area (Å²) in [7, 11) is 3.19. The molecule has 11 heteroatoms. The molecule has 234 valence electrons. The van der Waals surface area contributed by atoms with Crippen LogP contribution in [0.25, 0.3) is 0 Å². The van der Waals surface area contributed by atoms with Gasteiger partial charge >= 0.3 is 0 Å². The summed E-state index contributed by atoms with van der Waals surface area (Å²) in [6.45, 7) is 10.8. The Kier molecular flexibility index (Phi) is 13.9. The lowest BCUT2D eigenvalue weighted by Crippen LogP contribution is -2.16. The SMILES string of the molecule is COc1nc(OCc2sc(C)c(COc3ccc(CNCCCC(C)=O)c(OC)n3)c2C)ccc1CNCCCC(C)=O. The van der Waals surface area contributed by atoms with Crippen LogP contribution in [0.5, 0.6) is 23.5 Å². The molecule has 0 saturated heterocycles. The second kappa shape index (κ2) is 17.5. The second-order valence-electron chi connectivity index (χ2n) is 10.4. The number of ketones is 2. The van der Waals surface area contributed by atoms with E-state index >= 15 is 0 Å². The van der Waals surface area contributed by atoms with Crippen molar-refractivity contribution in [3.05, 3.63) is 56.3 Å². The van der Waals surface area contributed by atoms with Crippen molar-refractivity contribution in [1.29, 1.82) is 0 Å². The molecule has 0 aliphatic heterocycles. The zero-order valence-electron chi connectivity index (χ0n) is 26.1. The maximum absolute atomic E-state index is 11.1. The molecule has 0 unspecified atom stereocenters. The van der Waals surface area contributed by atoms with Gasteiger partial charge in [0.1, 0.15) is 24.8 Å². The van der Waals surface area contributed by atoms with E-state index in [0.29, 0.717) is 62.7 Å². The summed E-state index contributed by atoms with van der Waals surface area (Å²) in [6, 6.07) is 7.59. The normalized spacial score (nSPS) is 10.9. The lowest BCUT2D eigenvalue weighted by atomic mass is 10.1. The van der Waals surface area contributed by atoms with Crippen LogP contribution in [0.3, 0.4) is 0 Å². The number of pyridine rings is 2. The fourth-order valence-corrected chi connectivity index (χ4v) is 5.55. The van der Waals surface area contributed by atoms with Crippen molar-refractivity contribution in [2.75, 3.05) is 27.3 Å². The number of ether oxygens (including phenoxy) is 4. The van der Waals surface area contributed by atoms with Gasteiger partial charge in [-0.25, -0.2) is 0 Å². The minimum atomic E-state index is 0.199. The van der Waals surface area contributed by atoms with Gasteiger partial charge in [0.25, 0.3) is 0 Å². The van der Waals surface area contributed by atoms with E-state index < -0.39 is 0 Å². The van der Waals surface area contributed by atoms with Gasteiger partial charge in [-0.1, -0.05) is 0 Å². The molecule has 3 aromatic rings. The number of thiophene rings is 1. The highest BCUT2D eigenvalue weighted by Gasteiger charge is 2.16. The maximum Gasteiger partial charge on any atom is 0.220 e. The summed E-state index contributed by atoms with van der Waals surface area (Å²) in [6.07, 6.45) is 2.76. The molecule has 0 spiro atoms. The highest BCUT2D eigenvalue weighted by molar-refractivity contribution is 7.12. The molecule has 0 fully saturated rings. The zero-order valence-corrected chi connectivity index (χ0v) is 26.9. The topological polar surface area (TPSA) is 121 Å². The first-order chi connectivity index (χ1) is 20.7. The van der Waals surface area contributed by atoms with Crippen LogP contribution in [0, 0.1) is 13.8 Å². The molecule has 0 atom stereocenters. The van der Waals surface area contributed by atoms with Crippen LogP contribution in [-0.4, -0.2) is 48.8 Å². The van der Waals surface area contributed by atoms with Gasteiger partial charge < -0.3 is 39.2 Å². The zero-order chi connectivity index (χ0) is 31.2. The number of rotatable bonds is 20. The van der Waals surface area contributed by atoms with E-state index in [1.165, 1.54) is 0 Å². The van der Waals surface area contributed by atoms with Gasteiger partial charge in [0.05, 0.1) is 14.2 Å². The van der Waals surface area contributed by atoms with E-state index in [1.54, 1.807) is 39.4 Å². The molecule has 10 nitrogen and oxygen atoms in total. The lowest BCUT2D eigenvalue weighted by molar-refractivity contribution is -0.117. The molecule has 0 aliphatic rings. The van der Waals surface area contributed by atoms with Crippen LogP contribution < -0.4 is 29.6 Å². The smallest absolute Gasteiger partial charge is 0.220 e. The minimum absolute atomic E-state index is 0.199. The Morgan fingerprint density at radius 3 is 1.72 bits per heavy atom. The Bertz CT molecular complexity index is 1360. The fraction of sp³-hybridized carbons (Fsp3) is 0.500. The summed E-state index contributed by atoms with van der Waals surface area (Å²) < 4.78 is 23.1. The molecule has 2 N–H and O–H groups in total. The molecule has 0 aromatic carbocycles. The first kappa shape index (κ1) is 34.0. The number of carbonyl (C=O) groups is 2. The standard InChI is InChI=1S/C32H44N4O6S/c1-21(37)9-7-15-33-17-25-11-13-29(35-31(25)39-5)41-19-27-23(3)28(43-24(27)4)20-42-30-14-12-26(32(36-30)40-6)18-34-16-8-10-22(2)38/h11-14,33-34H,7-10,15-20H2,1-6H3. The number of hydrogen-bond acceptors (Lipinski definition) is 11. The number of hydrogen-bond donors (Lipinski definition) is 2. The summed E-state index contributed by atoms with van der Waals surface area (Å²) in [4.78, 5) is 33.5. The van der Waals surface area contributed by atoms with Gasteiger partial charge in [0, 0.05) is 64.5 Å². The molecule has 0 amide bonds. The van der Waals surface area contributed by atoms with Crippen LogP contribution in [-0.2, 0) is 35.9 Å². The van der Waals surface area contributed by atoms with E-state index in [4.69, 9.17) is 18.9 Å². The summed E-state index contributed by atoms with van der Waals surface area (Å²) in [5.74, 6) is 2.41. The van der Waals surface area contributed by atoms with Crippen molar-refractivity contribution >= 4 is 22.9 Å². The quantitative estimate of drug-likeness (QED) is 0.164. The Morgan fingerprint density at radius 1 is 0.767 bits per heavy atom. The highest BCUT2D eigenvalue weighted by atomic mass is 32.1. The first-order valence-electron chi connectivity index (χ1n) is 14.5. The van der Waals surface area contributed by atoms with Gasteiger partial charge in [-0.05, 0) is 71.3 Å². The van der Waals surface area contributed by atoms with Crippen molar-refractivity contribution in [3.8, 4) is 23.5 Å². The Balaban J connectivity index is 1.54. The summed E-state index contributed by atoms with van der Waals surface area (Å²) in [5, 5.41) is 6.65. The average Bonchev–Trinajstić information content (AvgIpc) is 3.26. The van der Waals surface area contributed by atoms with E-state index in [9.17, 15) is 9.59 Å². The van der Waals surface area contributed by atoms with E-state index in [2.05, 4.69) is 34.4 Å². The predicted molar refractivity (Wildman–Crippen MR) is 167 cm³/mol. The average molecular weight is 613 g/mol. The number of nitrogens with one attached hydrogen (secondary N) is 2. The molecule has 0 bridgehead atoms. The molecule has 0 radical (unpaired) electrons. The first-order valence-corrected chi connectivity index (χ1v) is 15.3. The van der Waals surface area contributed by atoms with Crippen molar-refractivity contribution in [3.63, 3.8) is 0 Å². The Hall–Kier alpha value is -3.54. The fourth-order valence-electron chi connectivity index (χ4n) is 4.45. The monoisotopic (exact) mass is 612 g/mol. The van der Waals surface area contributed by atoms with Gasteiger partial charge in [-0.15, -0.1) is 11.3 Å².